The summed E-state index contributed by atoms with van der Waals surface area (Å²) >= 11 is 0. The lowest BCUT2D eigenvalue weighted by molar-refractivity contribution is 0.0688. The van der Waals surface area contributed by atoms with Gasteiger partial charge in [-0.05, 0) is 26.7 Å². The van der Waals surface area contributed by atoms with Crippen LogP contribution >= 0.6 is 0 Å². The molecule has 0 aromatic heterocycles. The summed E-state index contributed by atoms with van der Waals surface area (Å²) in [5.41, 5.74) is 1.02. The molecular weight excluding hydrogens is 178 g/mol. The van der Waals surface area contributed by atoms with E-state index in [-0.39, 0.29) is 6.61 Å². The Labute approximate surface area is 86.2 Å². The first-order valence-electron chi connectivity index (χ1n) is 5.34. The van der Waals surface area contributed by atoms with E-state index in [9.17, 15) is 0 Å². The smallest absolute Gasteiger partial charge is 0.0639 e. The minimum atomic E-state index is 0.146. The fourth-order valence-corrected chi connectivity index (χ4v) is 1.77. The van der Waals surface area contributed by atoms with E-state index in [4.69, 9.17) is 9.84 Å². The molecule has 0 saturated carbocycles. The minimum Gasteiger partial charge on any atom is -0.392 e. The average Bonchev–Trinajstić information content (AvgIpc) is 2.19. The van der Waals surface area contributed by atoms with Gasteiger partial charge in [-0.25, -0.2) is 0 Å². The monoisotopic (exact) mass is 199 g/mol. The molecule has 0 bridgehead atoms. The van der Waals surface area contributed by atoms with Crippen LogP contribution in [0.25, 0.3) is 0 Å². The molecule has 2 N–H and O–H groups in total. The van der Waals surface area contributed by atoms with Crippen LogP contribution < -0.4 is 5.32 Å². The predicted molar refractivity (Wildman–Crippen MR) is 57.3 cm³/mol. The molecule has 0 aromatic rings. The highest BCUT2D eigenvalue weighted by Gasteiger charge is 2.14. The SMILES string of the molecule is C/C(=C/C(C)NC1CCCOC1)CO. The summed E-state index contributed by atoms with van der Waals surface area (Å²) in [5, 5.41) is 12.3. The van der Waals surface area contributed by atoms with Gasteiger partial charge >= 0.3 is 0 Å². The van der Waals surface area contributed by atoms with Gasteiger partial charge < -0.3 is 15.2 Å². The van der Waals surface area contributed by atoms with Crippen molar-refractivity contribution < 1.29 is 9.84 Å². The Hall–Kier alpha value is -0.380. The third-order valence-corrected chi connectivity index (χ3v) is 2.44. The van der Waals surface area contributed by atoms with Gasteiger partial charge in [-0.2, -0.15) is 0 Å². The molecule has 0 aliphatic carbocycles. The Morgan fingerprint density at radius 1 is 1.71 bits per heavy atom. The normalized spacial score (nSPS) is 26.2. The van der Waals surface area contributed by atoms with Gasteiger partial charge in [0.25, 0.3) is 0 Å². The van der Waals surface area contributed by atoms with Crippen molar-refractivity contribution in [1.29, 1.82) is 0 Å². The molecule has 0 aromatic carbocycles. The maximum absolute atomic E-state index is 8.87. The summed E-state index contributed by atoms with van der Waals surface area (Å²) in [5.74, 6) is 0. The first kappa shape index (κ1) is 11.7. The quantitative estimate of drug-likeness (QED) is 0.666. The number of aliphatic hydroxyl groups excluding tert-OH is 1. The van der Waals surface area contributed by atoms with Crippen LogP contribution in [0.1, 0.15) is 26.7 Å². The van der Waals surface area contributed by atoms with Crippen LogP contribution in [0.3, 0.4) is 0 Å². The highest BCUT2D eigenvalue weighted by Crippen LogP contribution is 2.07. The van der Waals surface area contributed by atoms with Crippen LogP contribution in [-0.2, 0) is 4.74 Å². The Morgan fingerprint density at radius 2 is 2.50 bits per heavy atom. The van der Waals surface area contributed by atoms with Crippen molar-refractivity contribution in [1.82, 2.24) is 5.32 Å². The lowest BCUT2D eigenvalue weighted by Gasteiger charge is -2.25. The summed E-state index contributed by atoms with van der Waals surface area (Å²) in [7, 11) is 0. The van der Waals surface area contributed by atoms with Gasteiger partial charge in [0.2, 0.25) is 0 Å². The molecule has 1 fully saturated rings. The summed E-state index contributed by atoms with van der Waals surface area (Å²) < 4.78 is 5.38. The highest BCUT2D eigenvalue weighted by atomic mass is 16.5. The van der Waals surface area contributed by atoms with E-state index < -0.39 is 0 Å². The van der Waals surface area contributed by atoms with Gasteiger partial charge in [0.15, 0.2) is 0 Å². The molecule has 1 aliphatic rings. The zero-order chi connectivity index (χ0) is 10.4. The average molecular weight is 199 g/mol. The molecule has 2 unspecified atom stereocenters. The molecule has 0 radical (unpaired) electrons. The van der Waals surface area contributed by atoms with Crippen LogP contribution in [0.4, 0.5) is 0 Å². The molecule has 1 rings (SSSR count). The van der Waals surface area contributed by atoms with Crippen LogP contribution in [-0.4, -0.2) is 37.0 Å². The second-order valence-corrected chi connectivity index (χ2v) is 4.04. The molecule has 3 nitrogen and oxygen atoms in total. The van der Waals surface area contributed by atoms with E-state index in [2.05, 4.69) is 18.3 Å². The summed E-state index contributed by atoms with van der Waals surface area (Å²) in [6, 6.07) is 0.787. The van der Waals surface area contributed by atoms with Gasteiger partial charge in [0.1, 0.15) is 0 Å². The molecule has 82 valence electrons. The molecule has 3 heteroatoms. The molecule has 1 heterocycles. The second kappa shape index (κ2) is 6.17. The number of aliphatic hydroxyl groups is 1. The van der Waals surface area contributed by atoms with Crippen molar-refractivity contribution in [2.75, 3.05) is 19.8 Å². The number of hydrogen-bond acceptors (Lipinski definition) is 3. The zero-order valence-electron chi connectivity index (χ0n) is 9.12. The molecule has 0 spiro atoms. The molecular formula is C11H21NO2. The lowest BCUT2D eigenvalue weighted by atomic mass is 10.1. The number of rotatable bonds is 4. The van der Waals surface area contributed by atoms with E-state index in [0.717, 1.165) is 25.2 Å². The molecule has 14 heavy (non-hydrogen) atoms. The number of hydrogen-bond donors (Lipinski definition) is 2. The van der Waals surface area contributed by atoms with Crippen molar-refractivity contribution in [2.24, 2.45) is 0 Å². The van der Waals surface area contributed by atoms with Crippen molar-refractivity contribution >= 4 is 0 Å². The first-order chi connectivity index (χ1) is 6.72. The van der Waals surface area contributed by atoms with Crippen LogP contribution in [0, 0.1) is 0 Å². The fourth-order valence-electron chi connectivity index (χ4n) is 1.77. The zero-order valence-corrected chi connectivity index (χ0v) is 9.12. The topological polar surface area (TPSA) is 41.5 Å². The number of ether oxygens (including phenoxy) is 1. The van der Waals surface area contributed by atoms with E-state index in [1.165, 1.54) is 6.42 Å². The predicted octanol–water partition coefficient (Wildman–Crippen LogP) is 1.08. The third kappa shape index (κ3) is 4.22. The third-order valence-electron chi connectivity index (χ3n) is 2.44. The second-order valence-electron chi connectivity index (χ2n) is 4.04. The molecule has 1 aliphatic heterocycles. The molecule has 2 atom stereocenters. The van der Waals surface area contributed by atoms with Gasteiger partial charge in [-0.1, -0.05) is 11.6 Å². The van der Waals surface area contributed by atoms with Gasteiger partial charge in [-0.3, -0.25) is 0 Å². The summed E-state index contributed by atoms with van der Waals surface area (Å²) in [6.07, 6.45) is 4.40. The van der Waals surface area contributed by atoms with Gasteiger partial charge in [0, 0.05) is 18.7 Å². The van der Waals surface area contributed by atoms with Crippen LogP contribution in [0.5, 0.6) is 0 Å². The highest BCUT2D eigenvalue weighted by molar-refractivity contribution is 5.03. The van der Waals surface area contributed by atoms with Crippen molar-refractivity contribution in [3.8, 4) is 0 Å². The fraction of sp³-hybridized carbons (Fsp3) is 0.818. The first-order valence-corrected chi connectivity index (χ1v) is 5.34. The Morgan fingerprint density at radius 3 is 3.07 bits per heavy atom. The Kier molecular flexibility index (Phi) is 5.15. The van der Waals surface area contributed by atoms with Crippen molar-refractivity contribution in [3.05, 3.63) is 11.6 Å². The van der Waals surface area contributed by atoms with Crippen LogP contribution in [0.15, 0.2) is 11.6 Å². The minimum absolute atomic E-state index is 0.146. The van der Waals surface area contributed by atoms with Crippen molar-refractivity contribution in [2.45, 2.75) is 38.8 Å². The summed E-state index contributed by atoms with van der Waals surface area (Å²) in [6.45, 7) is 5.91. The Bertz CT molecular complexity index is 186. The molecule has 1 saturated heterocycles. The van der Waals surface area contributed by atoms with E-state index in [0.29, 0.717) is 12.1 Å². The van der Waals surface area contributed by atoms with E-state index in [1.807, 2.05) is 6.92 Å². The standard InChI is InChI=1S/C11H21NO2/c1-9(7-13)6-10(2)12-11-4-3-5-14-8-11/h6,10-13H,3-5,7-8H2,1-2H3/b9-6-. The van der Waals surface area contributed by atoms with Gasteiger partial charge in [0.05, 0.1) is 13.2 Å². The molecule has 0 amide bonds. The maximum Gasteiger partial charge on any atom is 0.0639 e. The van der Waals surface area contributed by atoms with Gasteiger partial charge in [-0.15, -0.1) is 0 Å². The largest absolute Gasteiger partial charge is 0.392 e. The number of nitrogens with one attached hydrogen (secondary N) is 1. The van der Waals surface area contributed by atoms with E-state index >= 15 is 0 Å². The summed E-state index contributed by atoms with van der Waals surface area (Å²) in [4.78, 5) is 0. The lowest BCUT2D eigenvalue weighted by Crippen LogP contribution is -2.41. The Balaban J connectivity index is 2.28. The van der Waals surface area contributed by atoms with E-state index in [1.54, 1.807) is 0 Å². The maximum atomic E-state index is 8.87. The van der Waals surface area contributed by atoms with Crippen LogP contribution in [0.2, 0.25) is 0 Å². The van der Waals surface area contributed by atoms with Crippen molar-refractivity contribution in [3.63, 3.8) is 0 Å².